The van der Waals surface area contributed by atoms with Crippen molar-refractivity contribution in [2.45, 2.75) is 55.4 Å². The molecule has 2 N–H and O–H groups in total. The first-order valence-corrected chi connectivity index (χ1v) is 8.30. The lowest BCUT2D eigenvalue weighted by Crippen LogP contribution is -2.31. The Labute approximate surface area is 115 Å². The van der Waals surface area contributed by atoms with Gasteiger partial charge in [0.15, 0.2) is 0 Å². The SMILES string of the molecule is NC(CC1CCCCC1)C1CSc2ccccc21. The third-order valence-corrected chi connectivity index (χ3v) is 5.79. The van der Waals surface area contributed by atoms with Crippen molar-refractivity contribution in [2.75, 3.05) is 5.75 Å². The molecule has 98 valence electrons. The number of nitrogens with two attached hydrogens (primary N) is 1. The Kier molecular flexibility index (Phi) is 3.95. The predicted molar refractivity (Wildman–Crippen MR) is 79.1 cm³/mol. The molecule has 1 heterocycles. The molecule has 0 bridgehead atoms. The van der Waals surface area contributed by atoms with Crippen LogP contribution in [0.2, 0.25) is 0 Å². The van der Waals surface area contributed by atoms with E-state index in [9.17, 15) is 0 Å². The molecule has 1 aromatic rings. The molecule has 0 radical (unpaired) electrons. The Morgan fingerprint density at radius 2 is 1.94 bits per heavy atom. The average molecular weight is 261 g/mol. The lowest BCUT2D eigenvalue weighted by atomic mass is 9.81. The molecule has 1 fully saturated rings. The highest BCUT2D eigenvalue weighted by molar-refractivity contribution is 7.99. The number of thioether (sulfide) groups is 1. The van der Waals surface area contributed by atoms with Crippen LogP contribution in [-0.4, -0.2) is 11.8 Å². The van der Waals surface area contributed by atoms with Crippen LogP contribution in [0, 0.1) is 5.92 Å². The number of benzene rings is 1. The maximum atomic E-state index is 6.51. The van der Waals surface area contributed by atoms with Crippen LogP contribution in [0.5, 0.6) is 0 Å². The fraction of sp³-hybridized carbons (Fsp3) is 0.625. The molecule has 0 amide bonds. The molecule has 1 saturated carbocycles. The van der Waals surface area contributed by atoms with E-state index >= 15 is 0 Å². The second-order valence-electron chi connectivity index (χ2n) is 5.86. The highest BCUT2D eigenvalue weighted by Crippen LogP contribution is 2.42. The number of hydrogen-bond donors (Lipinski definition) is 1. The summed E-state index contributed by atoms with van der Waals surface area (Å²) in [4.78, 5) is 1.46. The van der Waals surface area contributed by atoms with Gasteiger partial charge in [-0.3, -0.25) is 0 Å². The maximum Gasteiger partial charge on any atom is 0.0119 e. The van der Waals surface area contributed by atoms with Crippen molar-refractivity contribution < 1.29 is 0 Å². The van der Waals surface area contributed by atoms with Crippen molar-refractivity contribution in [3.8, 4) is 0 Å². The van der Waals surface area contributed by atoms with Crippen LogP contribution in [0.1, 0.15) is 50.0 Å². The Bertz CT molecular complexity index is 398. The van der Waals surface area contributed by atoms with Crippen LogP contribution < -0.4 is 5.73 Å². The van der Waals surface area contributed by atoms with Gasteiger partial charge >= 0.3 is 0 Å². The van der Waals surface area contributed by atoms with E-state index in [1.807, 2.05) is 11.8 Å². The van der Waals surface area contributed by atoms with Gasteiger partial charge in [-0.25, -0.2) is 0 Å². The van der Waals surface area contributed by atoms with Crippen molar-refractivity contribution in [1.29, 1.82) is 0 Å². The molecule has 1 aromatic carbocycles. The van der Waals surface area contributed by atoms with Crippen LogP contribution in [-0.2, 0) is 0 Å². The van der Waals surface area contributed by atoms with Crippen molar-refractivity contribution in [2.24, 2.45) is 11.7 Å². The lowest BCUT2D eigenvalue weighted by molar-refractivity contribution is 0.307. The molecule has 0 saturated heterocycles. The smallest absolute Gasteiger partial charge is 0.0119 e. The highest BCUT2D eigenvalue weighted by atomic mass is 32.2. The monoisotopic (exact) mass is 261 g/mol. The van der Waals surface area contributed by atoms with E-state index in [-0.39, 0.29) is 0 Å². The standard InChI is InChI=1S/C16H23NS/c17-15(10-12-6-2-1-3-7-12)14-11-18-16-9-5-4-8-13(14)16/h4-5,8-9,12,14-15H,1-3,6-7,10-11,17H2. The van der Waals surface area contributed by atoms with E-state index < -0.39 is 0 Å². The summed E-state index contributed by atoms with van der Waals surface area (Å²) in [6, 6.07) is 9.18. The van der Waals surface area contributed by atoms with Crippen LogP contribution >= 0.6 is 11.8 Å². The maximum absolute atomic E-state index is 6.51. The average Bonchev–Trinajstić information content (AvgIpc) is 2.84. The minimum atomic E-state index is 0.365. The van der Waals surface area contributed by atoms with Gasteiger partial charge in [0, 0.05) is 22.6 Å². The Morgan fingerprint density at radius 3 is 2.78 bits per heavy atom. The highest BCUT2D eigenvalue weighted by Gasteiger charge is 2.29. The molecule has 18 heavy (non-hydrogen) atoms. The molecule has 1 aliphatic heterocycles. The van der Waals surface area contributed by atoms with E-state index in [2.05, 4.69) is 24.3 Å². The van der Waals surface area contributed by atoms with Gasteiger partial charge in [-0.1, -0.05) is 50.3 Å². The Hall–Kier alpha value is -0.470. The topological polar surface area (TPSA) is 26.0 Å². The minimum Gasteiger partial charge on any atom is -0.327 e. The van der Waals surface area contributed by atoms with E-state index in [0.29, 0.717) is 12.0 Å². The molecule has 3 rings (SSSR count). The molecule has 0 spiro atoms. The summed E-state index contributed by atoms with van der Waals surface area (Å²) in [5, 5.41) is 0. The first kappa shape index (κ1) is 12.6. The van der Waals surface area contributed by atoms with Crippen LogP contribution in [0.4, 0.5) is 0 Å². The van der Waals surface area contributed by atoms with Crippen molar-refractivity contribution >= 4 is 11.8 Å². The number of rotatable bonds is 3. The third-order valence-electron chi connectivity index (χ3n) is 4.58. The number of fused-ring (bicyclic) bond motifs is 1. The fourth-order valence-electron chi connectivity index (χ4n) is 3.51. The van der Waals surface area contributed by atoms with Crippen LogP contribution in [0.15, 0.2) is 29.2 Å². The second kappa shape index (κ2) is 5.66. The number of hydrogen-bond acceptors (Lipinski definition) is 2. The van der Waals surface area contributed by atoms with Gasteiger partial charge in [0.25, 0.3) is 0 Å². The zero-order valence-electron chi connectivity index (χ0n) is 11.0. The first-order valence-electron chi connectivity index (χ1n) is 7.32. The molecular formula is C16H23NS. The fourth-order valence-corrected chi connectivity index (χ4v) is 4.86. The van der Waals surface area contributed by atoms with E-state index in [1.54, 1.807) is 0 Å². The quantitative estimate of drug-likeness (QED) is 0.883. The summed E-state index contributed by atoms with van der Waals surface area (Å²) in [6.45, 7) is 0. The third kappa shape index (κ3) is 2.60. The van der Waals surface area contributed by atoms with Crippen molar-refractivity contribution in [3.63, 3.8) is 0 Å². The van der Waals surface area contributed by atoms with Gasteiger partial charge in [0.05, 0.1) is 0 Å². The van der Waals surface area contributed by atoms with E-state index in [4.69, 9.17) is 5.73 Å². The zero-order valence-corrected chi connectivity index (χ0v) is 11.8. The second-order valence-corrected chi connectivity index (χ2v) is 6.92. The summed E-state index contributed by atoms with van der Waals surface area (Å²) in [7, 11) is 0. The summed E-state index contributed by atoms with van der Waals surface area (Å²) in [5.41, 5.74) is 8.02. The molecule has 1 nitrogen and oxygen atoms in total. The van der Waals surface area contributed by atoms with Gasteiger partial charge in [-0.2, -0.15) is 0 Å². The van der Waals surface area contributed by atoms with Crippen LogP contribution in [0.3, 0.4) is 0 Å². The van der Waals surface area contributed by atoms with Gasteiger partial charge in [0.2, 0.25) is 0 Å². The molecule has 2 atom stereocenters. The van der Waals surface area contributed by atoms with Gasteiger partial charge in [-0.15, -0.1) is 11.8 Å². The predicted octanol–water partition coefficient (Wildman–Crippen LogP) is 4.17. The molecule has 1 aliphatic carbocycles. The summed E-state index contributed by atoms with van der Waals surface area (Å²) in [5.74, 6) is 2.67. The van der Waals surface area contributed by atoms with Gasteiger partial charge in [0.1, 0.15) is 0 Å². The van der Waals surface area contributed by atoms with Crippen molar-refractivity contribution in [1.82, 2.24) is 0 Å². The van der Waals surface area contributed by atoms with E-state index in [0.717, 1.165) is 5.92 Å². The van der Waals surface area contributed by atoms with Gasteiger partial charge in [-0.05, 0) is 24.0 Å². The molecule has 2 unspecified atom stereocenters. The van der Waals surface area contributed by atoms with Crippen LogP contribution in [0.25, 0.3) is 0 Å². The molecular weight excluding hydrogens is 238 g/mol. The van der Waals surface area contributed by atoms with E-state index in [1.165, 1.54) is 54.7 Å². The molecule has 2 heteroatoms. The summed E-state index contributed by atoms with van der Waals surface area (Å²) in [6.07, 6.45) is 8.35. The van der Waals surface area contributed by atoms with Gasteiger partial charge < -0.3 is 5.73 Å². The molecule has 2 aliphatic rings. The molecule has 0 aromatic heterocycles. The zero-order chi connectivity index (χ0) is 12.4. The Morgan fingerprint density at radius 1 is 1.17 bits per heavy atom. The minimum absolute atomic E-state index is 0.365. The first-order chi connectivity index (χ1) is 8.84. The van der Waals surface area contributed by atoms with Crippen molar-refractivity contribution in [3.05, 3.63) is 29.8 Å². The largest absolute Gasteiger partial charge is 0.327 e. The lowest BCUT2D eigenvalue weighted by Gasteiger charge is -2.27. The summed E-state index contributed by atoms with van der Waals surface area (Å²) < 4.78 is 0. The summed E-state index contributed by atoms with van der Waals surface area (Å²) >= 11 is 1.99. The Balaban J connectivity index is 1.64. The normalized spacial score (nSPS) is 25.9.